The molecule has 0 unspecified atom stereocenters. The highest BCUT2D eigenvalue weighted by Crippen LogP contribution is 2.18. The Morgan fingerprint density at radius 2 is 2.30 bits per heavy atom. The summed E-state index contributed by atoms with van der Waals surface area (Å²) in [6.45, 7) is 3.85. The van der Waals surface area contributed by atoms with Crippen LogP contribution in [0.4, 0.5) is 10.8 Å². The number of nitrogens with one attached hydrogen (secondary N) is 2. The van der Waals surface area contributed by atoms with Gasteiger partial charge in [-0.05, 0) is 31.5 Å². The van der Waals surface area contributed by atoms with Gasteiger partial charge in [-0.1, -0.05) is 24.6 Å². The lowest BCUT2D eigenvalue weighted by molar-refractivity contribution is -0.116. The summed E-state index contributed by atoms with van der Waals surface area (Å²) >= 11 is 7.36. The average molecular weight is 310 g/mol. The van der Waals surface area contributed by atoms with Crippen molar-refractivity contribution in [2.75, 3.05) is 10.6 Å². The molecule has 0 aliphatic rings. The van der Waals surface area contributed by atoms with Crippen molar-refractivity contribution in [3.05, 3.63) is 40.4 Å². The Hall–Kier alpha value is -1.59. The Morgan fingerprint density at radius 3 is 2.90 bits per heavy atom. The van der Waals surface area contributed by atoms with Gasteiger partial charge in [0, 0.05) is 16.1 Å². The third-order valence-corrected chi connectivity index (χ3v) is 3.85. The Bertz CT molecular complexity index is 600. The smallest absolute Gasteiger partial charge is 0.248 e. The molecule has 1 amide bonds. The maximum absolute atomic E-state index is 12.2. The van der Waals surface area contributed by atoms with E-state index in [4.69, 9.17) is 11.6 Å². The van der Waals surface area contributed by atoms with E-state index >= 15 is 0 Å². The number of hydrogen-bond donors (Lipinski definition) is 2. The third kappa shape index (κ3) is 3.95. The lowest BCUT2D eigenvalue weighted by Crippen LogP contribution is -2.34. The van der Waals surface area contributed by atoms with E-state index in [0.717, 1.165) is 11.4 Å². The van der Waals surface area contributed by atoms with Crippen LogP contribution >= 0.6 is 22.9 Å². The van der Waals surface area contributed by atoms with E-state index in [-0.39, 0.29) is 11.9 Å². The quantitative estimate of drug-likeness (QED) is 0.879. The molecule has 2 aromatic rings. The Morgan fingerprint density at radius 1 is 1.50 bits per heavy atom. The normalized spacial score (nSPS) is 11.9. The maximum Gasteiger partial charge on any atom is 0.248 e. The van der Waals surface area contributed by atoms with Gasteiger partial charge in [-0.3, -0.25) is 4.79 Å². The van der Waals surface area contributed by atoms with E-state index in [2.05, 4.69) is 15.6 Å². The zero-order chi connectivity index (χ0) is 14.5. The van der Waals surface area contributed by atoms with Gasteiger partial charge in [0.05, 0.1) is 5.69 Å². The van der Waals surface area contributed by atoms with Gasteiger partial charge >= 0.3 is 0 Å². The van der Waals surface area contributed by atoms with Crippen LogP contribution in [-0.4, -0.2) is 16.9 Å². The number of hydrogen-bond acceptors (Lipinski definition) is 4. The van der Waals surface area contributed by atoms with Crippen LogP contribution in [0.5, 0.6) is 0 Å². The summed E-state index contributed by atoms with van der Waals surface area (Å²) in [6, 6.07) is 7.00. The van der Waals surface area contributed by atoms with Crippen LogP contribution in [0.1, 0.15) is 19.0 Å². The van der Waals surface area contributed by atoms with E-state index in [1.54, 1.807) is 12.1 Å². The van der Waals surface area contributed by atoms with Crippen molar-refractivity contribution in [2.45, 2.75) is 26.3 Å². The third-order valence-electron chi connectivity index (χ3n) is 2.74. The molecule has 2 rings (SSSR count). The number of benzene rings is 1. The first-order valence-electron chi connectivity index (χ1n) is 6.33. The van der Waals surface area contributed by atoms with Gasteiger partial charge in [-0.2, -0.15) is 0 Å². The lowest BCUT2D eigenvalue weighted by Gasteiger charge is -2.17. The van der Waals surface area contributed by atoms with E-state index in [1.165, 1.54) is 11.3 Å². The van der Waals surface area contributed by atoms with Crippen LogP contribution in [0.2, 0.25) is 5.02 Å². The number of aryl methyl sites for hydroxylation is 1. The van der Waals surface area contributed by atoms with E-state index in [0.29, 0.717) is 16.6 Å². The molecule has 0 aliphatic heterocycles. The zero-order valence-corrected chi connectivity index (χ0v) is 12.9. The first-order chi connectivity index (χ1) is 9.58. The van der Waals surface area contributed by atoms with Gasteiger partial charge < -0.3 is 10.6 Å². The fourth-order valence-electron chi connectivity index (χ4n) is 1.74. The standard InChI is InChI=1S/C14H16ClN3OS/c1-3-12(17-11-6-4-5-10(15)7-11)13(19)18-14-16-9(2)8-20-14/h4-8,12,17H,3H2,1-2H3,(H,16,18,19)/t12-/m1/s1. The minimum atomic E-state index is -0.322. The predicted molar refractivity (Wildman–Crippen MR) is 84.6 cm³/mol. The SMILES string of the molecule is CC[C@@H](Nc1cccc(Cl)c1)C(=O)Nc1nc(C)cs1. The van der Waals surface area contributed by atoms with Gasteiger partial charge in [-0.25, -0.2) is 4.98 Å². The number of thiazole rings is 1. The molecule has 0 saturated heterocycles. The van der Waals surface area contributed by atoms with Gasteiger partial charge in [-0.15, -0.1) is 11.3 Å². The molecule has 1 heterocycles. The zero-order valence-electron chi connectivity index (χ0n) is 11.3. The summed E-state index contributed by atoms with van der Waals surface area (Å²) in [4.78, 5) is 16.4. The van der Waals surface area contributed by atoms with Crippen molar-refractivity contribution in [3.8, 4) is 0 Å². The molecule has 0 spiro atoms. The molecule has 1 atom stereocenters. The summed E-state index contributed by atoms with van der Waals surface area (Å²) in [5.41, 5.74) is 1.73. The number of aromatic nitrogens is 1. The van der Waals surface area contributed by atoms with Gasteiger partial charge in [0.25, 0.3) is 0 Å². The van der Waals surface area contributed by atoms with Crippen LogP contribution < -0.4 is 10.6 Å². The number of rotatable bonds is 5. The molecule has 6 heteroatoms. The first-order valence-corrected chi connectivity index (χ1v) is 7.59. The average Bonchev–Trinajstić information content (AvgIpc) is 2.81. The topological polar surface area (TPSA) is 54.0 Å². The largest absolute Gasteiger partial charge is 0.374 e. The molecule has 2 N–H and O–H groups in total. The number of nitrogens with zero attached hydrogens (tertiary/aromatic N) is 1. The monoisotopic (exact) mass is 309 g/mol. The number of anilines is 2. The fraction of sp³-hybridized carbons (Fsp3) is 0.286. The summed E-state index contributed by atoms with van der Waals surface area (Å²) in [6.07, 6.45) is 0.669. The van der Waals surface area contributed by atoms with Crippen LogP contribution in [-0.2, 0) is 4.79 Å². The molecule has 0 radical (unpaired) electrons. The lowest BCUT2D eigenvalue weighted by atomic mass is 10.2. The van der Waals surface area contributed by atoms with Crippen LogP contribution in [0.15, 0.2) is 29.6 Å². The van der Waals surface area contributed by atoms with E-state index in [9.17, 15) is 4.79 Å². The molecule has 0 saturated carbocycles. The second-order valence-corrected chi connectivity index (χ2v) is 5.69. The maximum atomic E-state index is 12.2. The Balaban J connectivity index is 2.02. The second-order valence-electron chi connectivity index (χ2n) is 4.40. The van der Waals surface area contributed by atoms with Crippen molar-refractivity contribution < 1.29 is 4.79 Å². The highest BCUT2D eigenvalue weighted by atomic mass is 35.5. The molecule has 0 aliphatic carbocycles. The van der Waals surface area contributed by atoms with E-state index < -0.39 is 0 Å². The molecular weight excluding hydrogens is 294 g/mol. The molecular formula is C14H16ClN3OS. The van der Waals surface area contributed by atoms with Crippen LogP contribution in [0.3, 0.4) is 0 Å². The van der Waals surface area contributed by atoms with Crippen molar-refractivity contribution in [1.82, 2.24) is 4.98 Å². The fourth-order valence-corrected chi connectivity index (χ4v) is 2.62. The van der Waals surface area contributed by atoms with E-state index in [1.807, 2.05) is 31.4 Å². The first kappa shape index (κ1) is 14.8. The molecule has 106 valence electrons. The minimum Gasteiger partial charge on any atom is -0.374 e. The van der Waals surface area contributed by atoms with Gasteiger partial charge in [0.2, 0.25) is 5.91 Å². The number of halogens is 1. The minimum absolute atomic E-state index is 0.0955. The van der Waals surface area contributed by atoms with Crippen molar-refractivity contribution in [1.29, 1.82) is 0 Å². The summed E-state index contributed by atoms with van der Waals surface area (Å²) < 4.78 is 0. The van der Waals surface area contributed by atoms with Crippen LogP contribution in [0.25, 0.3) is 0 Å². The molecule has 1 aromatic heterocycles. The van der Waals surface area contributed by atoms with Crippen molar-refractivity contribution in [3.63, 3.8) is 0 Å². The summed E-state index contributed by atoms with van der Waals surface area (Å²) in [7, 11) is 0. The molecule has 0 bridgehead atoms. The number of carbonyl (C=O) groups is 1. The van der Waals surface area contributed by atoms with Gasteiger partial charge in [0.1, 0.15) is 6.04 Å². The summed E-state index contributed by atoms with van der Waals surface area (Å²) in [5, 5.41) is 9.17. The summed E-state index contributed by atoms with van der Waals surface area (Å²) in [5.74, 6) is -0.0955. The molecule has 0 fully saturated rings. The van der Waals surface area contributed by atoms with Crippen LogP contribution in [0, 0.1) is 6.92 Å². The Kier molecular flexibility index (Phi) is 4.98. The number of carbonyl (C=O) groups excluding carboxylic acids is 1. The Labute approximate surface area is 127 Å². The molecule has 1 aromatic carbocycles. The predicted octanol–water partition coefficient (Wildman–Crippen LogP) is 3.93. The van der Waals surface area contributed by atoms with Gasteiger partial charge in [0.15, 0.2) is 5.13 Å². The number of amides is 1. The van der Waals surface area contributed by atoms with Crippen molar-refractivity contribution >= 4 is 39.7 Å². The second kappa shape index (κ2) is 6.72. The highest BCUT2D eigenvalue weighted by molar-refractivity contribution is 7.13. The molecule has 20 heavy (non-hydrogen) atoms. The van der Waals surface area contributed by atoms with Crippen molar-refractivity contribution in [2.24, 2.45) is 0 Å². The molecule has 4 nitrogen and oxygen atoms in total. The highest BCUT2D eigenvalue weighted by Gasteiger charge is 2.17.